The van der Waals surface area contributed by atoms with Gasteiger partial charge in [0.2, 0.25) is 0 Å². The average Bonchev–Trinajstić information content (AvgIpc) is 2.57. The average molecular weight is 289 g/mol. The van der Waals surface area contributed by atoms with E-state index in [4.69, 9.17) is 9.84 Å². The fourth-order valence-corrected chi connectivity index (χ4v) is 3.78. The smallest absolute Gasteiger partial charge is 0.0681 e. The van der Waals surface area contributed by atoms with Gasteiger partial charge in [-0.15, -0.1) is 0 Å². The van der Waals surface area contributed by atoms with Crippen molar-refractivity contribution >= 4 is 0 Å². The van der Waals surface area contributed by atoms with E-state index in [0.29, 0.717) is 0 Å². The minimum atomic E-state index is 0.136. The van der Waals surface area contributed by atoms with Gasteiger partial charge in [-0.1, -0.05) is 24.3 Å². The lowest BCUT2D eigenvalue weighted by Gasteiger charge is -2.37. The molecular weight excluding hydrogens is 262 g/mol. The topological polar surface area (TPSA) is 32.7 Å². The maximum absolute atomic E-state index is 9.08. The lowest BCUT2D eigenvalue weighted by atomic mass is 9.80. The molecule has 0 unspecified atom stereocenters. The van der Waals surface area contributed by atoms with E-state index < -0.39 is 0 Å². The standard InChI is InChI=1S/C18H27NO2/c20-14-16-3-1-15(2-4-16)13-19-9-5-17(6-10-19)18-7-11-21-12-8-18/h1-4,17-18,20H,5-14H2. The van der Waals surface area contributed by atoms with Gasteiger partial charge in [-0.25, -0.2) is 0 Å². The van der Waals surface area contributed by atoms with Crippen LogP contribution >= 0.6 is 0 Å². The zero-order valence-electron chi connectivity index (χ0n) is 12.8. The molecule has 3 rings (SSSR count). The molecule has 1 aromatic rings. The van der Waals surface area contributed by atoms with Crippen LogP contribution in [0.4, 0.5) is 0 Å². The van der Waals surface area contributed by atoms with Crippen LogP contribution in [0.25, 0.3) is 0 Å². The highest BCUT2D eigenvalue weighted by molar-refractivity contribution is 5.21. The zero-order chi connectivity index (χ0) is 14.5. The van der Waals surface area contributed by atoms with Crippen LogP contribution in [-0.4, -0.2) is 36.3 Å². The van der Waals surface area contributed by atoms with Gasteiger partial charge in [0.1, 0.15) is 0 Å². The molecule has 1 aromatic carbocycles. The molecule has 2 saturated heterocycles. The Balaban J connectivity index is 1.46. The van der Waals surface area contributed by atoms with Crippen LogP contribution in [-0.2, 0) is 17.9 Å². The van der Waals surface area contributed by atoms with Crippen molar-refractivity contribution in [3.8, 4) is 0 Å². The van der Waals surface area contributed by atoms with Crippen molar-refractivity contribution in [3.05, 3.63) is 35.4 Å². The summed E-state index contributed by atoms with van der Waals surface area (Å²) < 4.78 is 5.48. The molecule has 21 heavy (non-hydrogen) atoms. The predicted molar refractivity (Wildman–Crippen MR) is 83.9 cm³/mol. The molecule has 3 nitrogen and oxygen atoms in total. The predicted octanol–water partition coefficient (Wildman–Crippen LogP) is 2.82. The maximum atomic E-state index is 9.08. The van der Waals surface area contributed by atoms with E-state index >= 15 is 0 Å². The van der Waals surface area contributed by atoms with Crippen LogP contribution < -0.4 is 0 Å². The first kappa shape index (κ1) is 15.0. The summed E-state index contributed by atoms with van der Waals surface area (Å²) >= 11 is 0. The summed E-state index contributed by atoms with van der Waals surface area (Å²) in [5.74, 6) is 1.83. The highest BCUT2D eigenvalue weighted by Gasteiger charge is 2.27. The number of ether oxygens (including phenoxy) is 1. The molecule has 2 fully saturated rings. The summed E-state index contributed by atoms with van der Waals surface area (Å²) in [5.41, 5.74) is 2.36. The van der Waals surface area contributed by atoms with Crippen LogP contribution in [0.5, 0.6) is 0 Å². The number of rotatable bonds is 4. The van der Waals surface area contributed by atoms with Gasteiger partial charge in [-0.05, 0) is 61.7 Å². The van der Waals surface area contributed by atoms with E-state index in [1.807, 2.05) is 12.1 Å². The van der Waals surface area contributed by atoms with Gasteiger partial charge in [0.25, 0.3) is 0 Å². The third-order valence-electron chi connectivity index (χ3n) is 5.18. The van der Waals surface area contributed by atoms with Gasteiger partial charge in [0.15, 0.2) is 0 Å². The Morgan fingerprint density at radius 3 is 2.10 bits per heavy atom. The molecule has 3 heteroatoms. The fourth-order valence-electron chi connectivity index (χ4n) is 3.78. The van der Waals surface area contributed by atoms with E-state index in [0.717, 1.165) is 37.2 Å². The van der Waals surface area contributed by atoms with Crippen molar-refractivity contribution < 1.29 is 9.84 Å². The first-order chi connectivity index (χ1) is 10.3. The highest BCUT2D eigenvalue weighted by Crippen LogP contribution is 2.32. The van der Waals surface area contributed by atoms with Gasteiger partial charge in [0.05, 0.1) is 6.61 Å². The Kier molecular flexibility index (Phi) is 5.28. The minimum absolute atomic E-state index is 0.136. The summed E-state index contributed by atoms with van der Waals surface area (Å²) in [4.78, 5) is 2.57. The van der Waals surface area contributed by atoms with E-state index in [-0.39, 0.29) is 6.61 Å². The monoisotopic (exact) mass is 289 g/mol. The summed E-state index contributed by atoms with van der Waals surface area (Å²) in [6.45, 7) is 5.58. The largest absolute Gasteiger partial charge is 0.392 e. The van der Waals surface area contributed by atoms with Crippen molar-refractivity contribution in [1.29, 1.82) is 0 Å². The molecule has 2 aliphatic heterocycles. The number of benzene rings is 1. The van der Waals surface area contributed by atoms with Crippen molar-refractivity contribution in [3.63, 3.8) is 0 Å². The third kappa shape index (κ3) is 4.06. The van der Waals surface area contributed by atoms with Crippen LogP contribution in [0.2, 0.25) is 0 Å². The van der Waals surface area contributed by atoms with Gasteiger partial charge < -0.3 is 9.84 Å². The molecule has 0 aliphatic carbocycles. The molecule has 0 spiro atoms. The molecule has 0 saturated carbocycles. The first-order valence-corrected chi connectivity index (χ1v) is 8.34. The van der Waals surface area contributed by atoms with E-state index in [1.165, 1.54) is 44.3 Å². The summed E-state index contributed by atoms with van der Waals surface area (Å²) in [5, 5.41) is 9.08. The Morgan fingerprint density at radius 1 is 0.905 bits per heavy atom. The Hall–Kier alpha value is -0.900. The molecule has 0 amide bonds. The second-order valence-electron chi connectivity index (χ2n) is 6.54. The zero-order valence-corrected chi connectivity index (χ0v) is 12.8. The quantitative estimate of drug-likeness (QED) is 0.925. The molecule has 0 bridgehead atoms. The molecular formula is C18H27NO2. The molecule has 116 valence electrons. The summed E-state index contributed by atoms with van der Waals surface area (Å²) in [6.07, 6.45) is 5.24. The maximum Gasteiger partial charge on any atom is 0.0681 e. The van der Waals surface area contributed by atoms with Crippen molar-refractivity contribution in [1.82, 2.24) is 4.90 Å². The summed E-state index contributed by atoms with van der Waals surface area (Å²) in [6, 6.07) is 8.36. The van der Waals surface area contributed by atoms with Crippen LogP contribution in [0.3, 0.4) is 0 Å². The number of aliphatic hydroxyl groups excluding tert-OH is 1. The van der Waals surface area contributed by atoms with Crippen molar-refractivity contribution in [2.45, 2.75) is 38.8 Å². The van der Waals surface area contributed by atoms with Gasteiger partial charge in [0, 0.05) is 19.8 Å². The number of nitrogens with zero attached hydrogens (tertiary/aromatic N) is 1. The van der Waals surface area contributed by atoms with E-state index in [1.54, 1.807) is 0 Å². The lowest BCUT2D eigenvalue weighted by molar-refractivity contribution is 0.0296. The SMILES string of the molecule is OCc1ccc(CN2CCC(C3CCOCC3)CC2)cc1. The van der Waals surface area contributed by atoms with Crippen LogP contribution in [0.15, 0.2) is 24.3 Å². The minimum Gasteiger partial charge on any atom is -0.392 e. The molecule has 2 aliphatic rings. The van der Waals surface area contributed by atoms with Gasteiger partial charge in [-0.3, -0.25) is 4.90 Å². The number of hydrogen-bond donors (Lipinski definition) is 1. The van der Waals surface area contributed by atoms with Crippen LogP contribution in [0.1, 0.15) is 36.8 Å². The third-order valence-corrected chi connectivity index (χ3v) is 5.18. The van der Waals surface area contributed by atoms with Gasteiger partial charge in [-0.2, -0.15) is 0 Å². The second-order valence-corrected chi connectivity index (χ2v) is 6.54. The number of likely N-dealkylation sites (tertiary alicyclic amines) is 1. The van der Waals surface area contributed by atoms with E-state index in [2.05, 4.69) is 17.0 Å². The van der Waals surface area contributed by atoms with Crippen LogP contribution in [0, 0.1) is 11.8 Å². The highest BCUT2D eigenvalue weighted by atomic mass is 16.5. The summed E-state index contributed by atoms with van der Waals surface area (Å²) in [7, 11) is 0. The molecule has 0 atom stereocenters. The molecule has 0 radical (unpaired) electrons. The normalized spacial score (nSPS) is 22.5. The van der Waals surface area contributed by atoms with Crippen molar-refractivity contribution in [2.75, 3.05) is 26.3 Å². The fraction of sp³-hybridized carbons (Fsp3) is 0.667. The second kappa shape index (κ2) is 7.39. The Labute approximate surface area is 127 Å². The number of piperidine rings is 1. The lowest BCUT2D eigenvalue weighted by Crippen LogP contribution is -2.37. The number of hydrogen-bond acceptors (Lipinski definition) is 3. The van der Waals surface area contributed by atoms with Gasteiger partial charge >= 0.3 is 0 Å². The molecule has 2 heterocycles. The van der Waals surface area contributed by atoms with Crippen molar-refractivity contribution in [2.24, 2.45) is 11.8 Å². The first-order valence-electron chi connectivity index (χ1n) is 8.34. The molecule has 1 N–H and O–H groups in total. The Bertz CT molecular complexity index is 417. The Morgan fingerprint density at radius 2 is 1.48 bits per heavy atom. The molecule has 0 aromatic heterocycles. The van der Waals surface area contributed by atoms with E-state index in [9.17, 15) is 0 Å². The number of aliphatic hydroxyl groups is 1.